The van der Waals surface area contributed by atoms with Crippen molar-refractivity contribution in [3.63, 3.8) is 0 Å². The smallest absolute Gasteiger partial charge is 0.313 e. The second-order valence-electron chi connectivity index (χ2n) is 4.18. The summed E-state index contributed by atoms with van der Waals surface area (Å²) in [6.45, 7) is 5.50. The van der Waals surface area contributed by atoms with Crippen molar-refractivity contribution in [1.29, 1.82) is 0 Å². The van der Waals surface area contributed by atoms with Crippen molar-refractivity contribution < 1.29 is 14.6 Å². The van der Waals surface area contributed by atoms with Gasteiger partial charge in [0.25, 0.3) is 0 Å². The van der Waals surface area contributed by atoms with Crippen molar-refractivity contribution >= 4 is 17.7 Å². The van der Waals surface area contributed by atoms with Crippen molar-refractivity contribution in [1.82, 2.24) is 14.8 Å². The lowest BCUT2D eigenvalue weighted by atomic mass is 10.2. The fourth-order valence-electron chi connectivity index (χ4n) is 1.54. The second-order valence-corrected chi connectivity index (χ2v) is 5.12. The third-order valence-corrected chi connectivity index (χ3v) is 3.27. The van der Waals surface area contributed by atoms with Gasteiger partial charge in [-0.05, 0) is 6.42 Å². The molecule has 0 radical (unpaired) electrons. The average Bonchev–Trinajstić information content (AvgIpc) is 2.70. The van der Waals surface area contributed by atoms with Gasteiger partial charge >= 0.3 is 5.97 Å². The van der Waals surface area contributed by atoms with Crippen LogP contribution in [0.25, 0.3) is 0 Å². The lowest BCUT2D eigenvalue weighted by Crippen LogP contribution is -2.09. The standard InChI is InChI=1S/C11H19N3O3S/c1-8(2)10-12-13-11(18-7-9(15)16)14(10)5-4-6-17-3/h8H,4-7H2,1-3H3,(H,15,16). The topological polar surface area (TPSA) is 77.2 Å². The molecular formula is C11H19N3O3S. The molecule has 1 rings (SSSR count). The Labute approximate surface area is 111 Å². The molecule has 0 fully saturated rings. The van der Waals surface area contributed by atoms with E-state index in [1.807, 2.05) is 18.4 Å². The lowest BCUT2D eigenvalue weighted by Gasteiger charge is -2.11. The van der Waals surface area contributed by atoms with E-state index < -0.39 is 5.97 Å². The summed E-state index contributed by atoms with van der Waals surface area (Å²) in [6.07, 6.45) is 0.856. The molecule has 7 heteroatoms. The Morgan fingerprint density at radius 3 is 2.78 bits per heavy atom. The maximum Gasteiger partial charge on any atom is 0.313 e. The number of hydrogen-bond acceptors (Lipinski definition) is 5. The summed E-state index contributed by atoms with van der Waals surface area (Å²) in [4.78, 5) is 10.6. The molecule has 6 nitrogen and oxygen atoms in total. The number of methoxy groups -OCH3 is 1. The Balaban J connectivity index is 2.78. The number of rotatable bonds is 8. The van der Waals surface area contributed by atoms with Gasteiger partial charge in [0.1, 0.15) is 5.82 Å². The molecule has 1 aromatic rings. The molecule has 0 atom stereocenters. The van der Waals surface area contributed by atoms with Gasteiger partial charge in [0, 0.05) is 26.2 Å². The van der Waals surface area contributed by atoms with Crippen LogP contribution in [-0.2, 0) is 16.1 Å². The van der Waals surface area contributed by atoms with Crippen LogP contribution in [0.15, 0.2) is 5.16 Å². The van der Waals surface area contributed by atoms with Gasteiger partial charge in [-0.15, -0.1) is 10.2 Å². The van der Waals surface area contributed by atoms with Crippen LogP contribution < -0.4 is 0 Å². The molecule has 0 spiro atoms. The third-order valence-electron chi connectivity index (χ3n) is 2.32. The third kappa shape index (κ3) is 4.30. The van der Waals surface area contributed by atoms with Gasteiger partial charge in [-0.2, -0.15) is 0 Å². The zero-order chi connectivity index (χ0) is 13.5. The first-order chi connectivity index (χ1) is 8.56. The first-order valence-corrected chi connectivity index (χ1v) is 6.81. The fourth-order valence-corrected chi connectivity index (χ4v) is 2.23. The number of carboxylic acid groups (broad SMARTS) is 1. The monoisotopic (exact) mass is 273 g/mol. The molecule has 0 aliphatic carbocycles. The quantitative estimate of drug-likeness (QED) is 0.573. The van der Waals surface area contributed by atoms with Crippen LogP contribution in [0.2, 0.25) is 0 Å². The van der Waals surface area contributed by atoms with E-state index in [1.54, 1.807) is 7.11 Å². The second kappa shape index (κ2) is 7.38. The van der Waals surface area contributed by atoms with E-state index in [2.05, 4.69) is 10.2 Å². The Bertz CT molecular complexity index is 393. The van der Waals surface area contributed by atoms with E-state index >= 15 is 0 Å². The molecule has 0 aromatic carbocycles. The van der Waals surface area contributed by atoms with Gasteiger partial charge in [0.05, 0.1) is 5.75 Å². The molecule has 102 valence electrons. The van der Waals surface area contributed by atoms with E-state index in [4.69, 9.17) is 9.84 Å². The van der Waals surface area contributed by atoms with E-state index in [-0.39, 0.29) is 11.7 Å². The maximum absolute atomic E-state index is 10.6. The van der Waals surface area contributed by atoms with Crippen LogP contribution in [0.3, 0.4) is 0 Å². The van der Waals surface area contributed by atoms with Gasteiger partial charge < -0.3 is 14.4 Å². The van der Waals surface area contributed by atoms with Crippen molar-refractivity contribution in [3.05, 3.63) is 5.82 Å². The van der Waals surface area contributed by atoms with Crippen LogP contribution in [0.5, 0.6) is 0 Å². The number of hydrogen-bond donors (Lipinski definition) is 1. The largest absolute Gasteiger partial charge is 0.481 e. The minimum absolute atomic E-state index is 0.000502. The van der Waals surface area contributed by atoms with Crippen LogP contribution >= 0.6 is 11.8 Å². The van der Waals surface area contributed by atoms with Gasteiger partial charge in [0.15, 0.2) is 5.16 Å². The van der Waals surface area contributed by atoms with Gasteiger partial charge in [-0.25, -0.2) is 0 Å². The van der Waals surface area contributed by atoms with Crippen LogP contribution in [0, 0.1) is 0 Å². The molecule has 1 heterocycles. The minimum Gasteiger partial charge on any atom is -0.481 e. The molecule has 0 aliphatic heterocycles. The number of aromatic nitrogens is 3. The predicted molar refractivity (Wildman–Crippen MR) is 69.0 cm³/mol. The predicted octanol–water partition coefficient (Wildman–Crippen LogP) is 1.61. The first kappa shape index (κ1) is 15.0. The average molecular weight is 273 g/mol. The highest BCUT2D eigenvalue weighted by Gasteiger charge is 2.15. The Kier molecular flexibility index (Phi) is 6.14. The summed E-state index contributed by atoms with van der Waals surface area (Å²) in [5.41, 5.74) is 0. The Hall–Kier alpha value is -1.08. The number of carboxylic acids is 1. The number of thioether (sulfide) groups is 1. The van der Waals surface area contributed by atoms with Gasteiger partial charge in [-0.3, -0.25) is 4.79 Å². The molecule has 0 bridgehead atoms. The Morgan fingerprint density at radius 1 is 1.50 bits per heavy atom. The van der Waals surface area contributed by atoms with Crippen molar-refractivity contribution in [2.75, 3.05) is 19.5 Å². The molecule has 1 N–H and O–H groups in total. The van der Waals surface area contributed by atoms with E-state index in [0.717, 1.165) is 18.8 Å². The normalized spacial score (nSPS) is 11.1. The van der Waals surface area contributed by atoms with Crippen LogP contribution in [-0.4, -0.2) is 45.3 Å². The molecule has 0 unspecified atom stereocenters. The molecule has 0 saturated carbocycles. The SMILES string of the molecule is COCCCn1c(SCC(=O)O)nnc1C(C)C. The van der Waals surface area contributed by atoms with Crippen molar-refractivity contribution in [2.45, 2.75) is 37.9 Å². The lowest BCUT2D eigenvalue weighted by molar-refractivity contribution is -0.133. The minimum atomic E-state index is -0.850. The summed E-state index contributed by atoms with van der Waals surface area (Å²) in [5, 5.41) is 17.6. The van der Waals surface area contributed by atoms with E-state index in [9.17, 15) is 4.79 Å². The van der Waals surface area contributed by atoms with Crippen LogP contribution in [0.4, 0.5) is 0 Å². The number of ether oxygens (including phenoxy) is 1. The highest BCUT2D eigenvalue weighted by molar-refractivity contribution is 7.99. The summed E-state index contributed by atoms with van der Waals surface area (Å²) in [5.74, 6) is 0.302. The zero-order valence-electron chi connectivity index (χ0n) is 10.9. The summed E-state index contributed by atoms with van der Waals surface area (Å²) >= 11 is 1.20. The number of aliphatic carboxylic acids is 1. The molecular weight excluding hydrogens is 254 g/mol. The Morgan fingerprint density at radius 2 is 2.22 bits per heavy atom. The van der Waals surface area contributed by atoms with Gasteiger partial charge in [-0.1, -0.05) is 25.6 Å². The molecule has 0 amide bonds. The molecule has 18 heavy (non-hydrogen) atoms. The highest BCUT2D eigenvalue weighted by atomic mass is 32.2. The zero-order valence-corrected chi connectivity index (χ0v) is 11.7. The molecule has 0 saturated heterocycles. The summed E-state index contributed by atoms with van der Waals surface area (Å²) in [7, 11) is 1.66. The highest BCUT2D eigenvalue weighted by Crippen LogP contribution is 2.21. The maximum atomic E-state index is 10.6. The fraction of sp³-hybridized carbons (Fsp3) is 0.727. The van der Waals surface area contributed by atoms with Crippen molar-refractivity contribution in [2.24, 2.45) is 0 Å². The summed E-state index contributed by atoms with van der Waals surface area (Å²) < 4.78 is 7.01. The molecule has 1 aromatic heterocycles. The summed E-state index contributed by atoms with van der Waals surface area (Å²) in [6, 6.07) is 0. The molecule has 0 aliphatic rings. The van der Waals surface area contributed by atoms with Crippen LogP contribution in [0.1, 0.15) is 32.0 Å². The number of nitrogens with zero attached hydrogens (tertiary/aromatic N) is 3. The first-order valence-electron chi connectivity index (χ1n) is 5.83. The van der Waals surface area contributed by atoms with E-state index in [0.29, 0.717) is 11.8 Å². The van der Waals surface area contributed by atoms with Gasteiger partial charge in [0.2, 0.25) is 0 Å². The number of carbonyl (C=O) groups is 1. The van der Waals surface area contributed by atoms with Crippen molar-refractivity contribution in [3.8, 4) is 0 Å². The van der Waals surface area contributed by atoms with E-state index in [1.165, 1.54) is 11.8 Å².